The van der Waals surface area contributed by atoms with Crippen molar-refractivity contribution in [2.24, 2.45) is 0 Å². The first-order valence-corrected chi connectivity index (χ1v) is 13.9. The van der Waals surface area contributed by atoms with Gasteiger partial charge in [-0.2, -0.15) is 13.2 Å². The molecular weight excluding hydrogens is 531 g/mol. The second-order valence-electron chi connectivity index (χ2n) is 9.14. The van der Waals surface area contributed by atoms with Gasteiger partial charge in [-0.15, -0.1) is 0 Å². The number of aryl methyl sites for hydroxylation is 1. The summed E-state index contributed by atoms with van der Waals surface area (Å²) in [5.41, 5.74) is 1.09. The predicted molar refractivity (Wildman–Crippen MR) is 143 cm³/mol. The van der Waals surface area contributed by atoms with Crippen molar-refractivity contribution in [2.75, 3.05) is 24.2 Å². The van der Waals surface area contributed by atoms with E-state index in [0.29, 0.717) is 15.9 Å². The van der Waals surface area contributed by atoms with Gasteiger partial charge in [-0.05, 0) is 36.2 Å². The molecular formula is C28H30F3N3O4S. The fraction of sp³-hybridized carbons (Fsp3) is 0.286. The monoisotopic (exact) mass is 561 g/mol. The van der Waals surface area contributed by atoms with E-state index in [9.17, 15) is 31.2 Å². The third kappa shape index (κ3) is 8.06. The van der Waals surface area contributed by atoms with Crippen LogP contribution in [0, 0.1) is 6.92 Å². The van der Waals surface area contributed by atoms with E-state index in [1.54, 1.807) is 36.4 Å². The fourth-order valence-corrected chi connectivity index (χ4v) is 4.90. The molecule has 0 saturated heterocycles. The van der Waals surface area contributed by atoms with E-state index in [1.807, 2.05) is 25.1 Å². The summed E-state index contributed by atoms with van der Waals surface area (Å²) in [6.07, 6.45) is -3.76. The molecule has 11 heteroatoms. The average molecular weight is 562 g/mol. The number of carbonyl (C=O) groups is 2. The number of likely N-dealkylation sites (N-methyl/N-ethyl adjacent to an activating group) is 1. The molecule has 3 rings (SSSR count). The minimum atomic E-state index is -4.71. The molecule has 0 radical (unpaired) electrons. The van der Waals surface area contributed by atoms with Crippen LogP contribution in [-0.2, 0) is 38.8 Å². The number of amides is 2. The topological polar surface area (TPSA) is 86.8 Å². The number of benzene rings is 3. The number of nitrogens with one attached hydrogen (secondary N) is 1. The van der Waals surface area contributed by atoms with Crippen LogP contribution in [0.3, 0.4) is 0 Å². The number of hydrogen-bond donors (Lipinski definition) is 1. The Balaban J connectivity index is 2.04. The van der Waals surface area contributed by atoms with Crippen molar-refractivity contribution < 1.29 is 31.2 Å². The number of alkyl halides is 3. The zero-order chi connectivity index (χ0) is 28.8. The summed E-state index contributed by atoms with van der Waals surface area (Å²) in [6.45, 7) is 1.08. The lowest BCUT2D eigenvalue weighted by Gasteiger charge is -2.33. The summed E-state index contributed by atoms with van der Waals surface area (Å²) >= 11 is 0. The summed E-state index contributed by atoms with van der Waals surface area (Å²) in [4.78, 5) is 28.1. The van der Waals surface area contributed by atoms with E-state index in [-0.39, 0.29) is 18.7 Å². The van der Waals surface area contributed by atoms with E-state index < -0.39 is 46.2 Å². The number of anilines is 1. The summed E-state index contributed by atoms with van der Waals surface area (Å²) in [7, 11) is -2.75. The number of nitrogens with zero attached hydrogens (tertiary/aromatic N) is 2. The smallest absolute Gasteiger partial charge is 0.357 e. The molecule has 0 aliphatic heterocycles. The van der Waals surface area contributed by atoms with Gasteiger partial charge >= 0.3 is 6.18 Å². The van der Waals surface area contributed by atoms with Crippen molar-refractivity contribution in [3.05, 3.63) is 101 Å². The van der Waals surface area contributed by atoms with Crippen LogP contribution in [0.5, 0.6) is 0 Å². The van der Waals surface area contributed by atoms with Crippen molar-refractivity contribution in [3.8, 4) is 0 Å². The van der Waals surface area contributed by atoms with Gasteiger partial charge in [0.2, 0.25) is 21.8 Å². The molecule has 39 heavy (non-hydrogen) atoms. The van der Waals surface area contributed by atoms with Crippen LogP contribution in [0.15, 0.2) is 78.9 Å². The molecule has 0 saturated carbocycles. The lowest BCUT2D eigenvalue weighted by Crippen LogP contribution is -2.52. The number of sulfonamides is 1. The quantitative estimate of drug-likeness (QED) is 0.403. The van der Waals surface area contributed by atoms with Crippen molar-refractivity contribution in [1.82, 2.24) is 10.2 Å². The van der Waals surface area contributed by atoms with Gasteiger partial charge in [-0.3, -0.25) is 13.9 Å². The first kappa shape index (κ1) is 29.7. The highest BCUT2D eigenvalue weighted by Crippen LogP contribution is 2.32. The normalized spacial score (nSPS) is 12.5. The number of rotatable bonds is 10. The Bertz CT molecular complexity index is 1400. The number of carbonyl (C=O) groups excluding carboxylic acids is 2. The standard InChI is InChI=1S/C28H30F3N3O4S/c1-20-12-14-22(15-13-20)18-33(25(27(36)32-2)16-21-8-5-4-6-9-21)26(35)19-34(39(3,37)38)24-11-7-10-23(17-24)28(29,30)31/h4-15,17,25H,16,18-19H2,1-3H3,(H,32,36). The molecule has 0 bridgehead atoms. The first-order valence-electron chi connectivity index (χ1n) is 12.0. The molecule has 3 aromatic carbocycles. The Hall–Kier alpha value is -3.86. The molecule has 0 spiro atoms. The second-order valence-corrected chi connectivity index (χ2v) is 11.1. The Morgan fingerprint density at radius 2 is 1.56 bits per heavy atom. The minimum Gasteiger partial charge on any atom is -0.357 e. The first-order chi connectivity index (χ1) is 18.3. The Morgan fingerprint density at radius 1 is 0.923 bits per heavy atom. The van der Waals surface area contributed by atoms with E-state index in [4.69, 9.17) is 0 Å². The van der Waals surface area contributed by atoms with Crippen molar-refractivity contribution in [1.29, 1.82) is 0 Å². The van der Waals surface area contributed by atoms with Gasteiger partial charge in [0, 0.05) is 20.0 Å². The van der Waals surface area contributed by atoms with E-state index in [1.165, 1.54) is 18.0 Å². The van der Waals surface area contributed by atoms with E-state index in [2.05, 4.69) is 5.32 Å². The minimum absolute atomic E-state index is 0.0236. The molecule has 0 aromatic heterocycles. The van der Waals surface area contributed by atoms with Crippen LogP contribution in [0.25, 0.3) is 0 Å². The predicted octanol–water partition coefficient (Wildman–Crippen LogP) is 4.17. The lowest BCUT2D eigenvalue weighted by molar-refractivity contribution is -0.139. The molecule has 7 nitrogen and oxygen atoms in total. The molecule has 0 aliphatic rings. The summed E-state index contributed by atoms with van der Waals surface area (Å²) in [5.74, 6) is -1.22. The second kappa shape index (κ2) is 12.3. The molecule has 1 N–H and O–H groups in total. The maximum absolute atomic E-state index is 13.8. The highest BCUT2D eigenvalue weighted by molar-refractivity contribution is 7.92. The van der Waals surface area contributed by atoms with Crippen molar-refractivity contribution in [2.45, 2.75) is 32.1 Å². The average Bonchev–Trinajstić information content (AvgIpc) is 2.89. The number of halogens is 3. The van der Waals surface area contributed by atoms with E-state index >= 15 is 0 Å². The van der Waals surface area contributed by atoms with Crippen LogP contribution in [0.4, 0.5) is 18.9 Å². The fourth-order valence-electron chi connectivity index (χ4n) is 4.06. The zero-order valence-electron chi connectivity index (χ0n) is 21.8. The Morgan fingerprint density at radius 3 is 2.13 bits per heavy atom. The lowest BCUT2D eigenvalue weighted by atomic mass is 10.0. The van der Waals surface area contributed by atoms with Crippen LogP contribution in [0.2, 0.25) is 0 Å². The molecule has 3 aromatic rings. The molecule has 0 fully saturated rings. The largest absolute Gasteiger partial charge is 0.416 e. The third-order valence-electron chi connectivity index (χ3n) is 6.13. The van der Waals surface area contributed by atoms with Crippen LogP contribution in [0.1, 0.15) is 22.3 Å². The molecule has 2 amide bonds. The molecule has 1 unspecified atom stereocenters. The summed E-state index contributed by atoms with van der Waals surface area (Å²) < 4.78 is 66.0. The maximum Gasteiger partial charge on any atom is 0.416 e. The number of hydrogen-bond acceptors (Lipinski definition) is 4. The van der Waals surface area contributed by atoms with Crippen LogP contribution >= 0.6 is 0 Å². The van der Waals surface area contributed by atoms with Gasteiger partial charge < -0.3 is 10.2 Å². The highest BCUT2D eigenvalue weighted by Gasteiger charge is 2.34. The molecule has 0 aliphatic carbocycles. The Kier molecular flexibility index (Phi) is 9.39. The maximum atomic E-state index is 13.8. The Labute approximate surface area is 226 Å². The molecule has 0 heterocycles. The van der Waals surface area contributed by atoms with Crippen molar-refractivity contribution >= 4 is 27.5 Å². The van der Waals surface area contributed by atoms with Crippen LogP contribution < -0.4 is 9.62 Å². The van der Waals surface area contributed by atoms with E-state index in [0.717, 1.165) is 29.5 Å². The van der Waals surface area contributed by atoms with Gasteiger partial charge in [-0.25, -0.2) is 8.42 Å². The van der Waals surface area contributed by atoms with Gasteiger partial charge in [0.25, 0.3) is 0 Å². The van der Waals surface area contributed by atoms with Gasteiger partial charge in [0.05, 0.1) is 17.5 Å². The zero-order valence-corrected chi connectivity index (χ0v) is 22.6. The molecule has 1 atom stereocenters. The van der Waals surface area contributed by atoms with Crippen LogP contribution in [-0.4, -0.2) is 51.0 Å². The van der Waals surface area contributed by atoms with Gasteiger partial charge in [0.15, 0.2) is 0 Å². The summed E-state index contributed by atoms with van der Waals surface area (Å²) in [5, 5.41) is 2.57. The third-order valence-corrected chi connectivity index (χ3v) is 7.27. The SMILES string of the molecule is CNC(=O)C(Cc1ccccc1)N(Cc1ccc(C)cc1)C(=O)CN(c1cccc(C(F)(F)F)c1)S(C)(=O)=O. The molecule has 208 valence electrons. The summed E-state index contributed by atoms with van der Waals surface area (Å²) in [6, 6.07) is 19.0. The van der Waals surface area contributed by atoms with Gasteiger partial charge in [0.1, 0.15) is 12.6 Å². The van der Waals surface area contributed by atoms with Crippen molar-refractivity contribution in [3.63, 3.8) is 0 Å². The highest BCUT2D eigenvalue weighted by atomic mass is 32.2. The van der Waals surface area contributed by atoms with Gasteiger partial charge in [-0.1, -0.05) is 66.2 Å².